The molecule has 1 atom stereocenters. The molecule has 3 rings (SSSR count). The monoisotopic (exact) mass is 434 g/mol. The minimum Gasteiger partial charge on any atom is -0.479 e. The van der Waals surface area contributed by atoms with Crippen molar-refractivity contribution >= 4 is 28.9 Å². The lowest BCUT2D eigenvalue weighted by atomic mass is 10.1. The van der Waals surface area contributed by atoms with Crippen LogP contribution in [0.2, 0.25) is 0 Å². The second-order valence-corrected chi connectivity index (χ2v) is 7.60. The second-order valence-electron chi connectivity index (χ2n) is 6.65. The molecule has 0 radical (unpaired) electrons. The maximum atomic E-state index is 12.7. The van der Waals surface area contributed by atoms with E-state index in [4.69, 9.17) is 18.9 Å². The van der Waals surface area contributed by atoms with E-state index < -0.39 is 12.1 Å². The first-order chi connectivity index (χ1) is 14.5. The van der Waals surface area contributed by atoms with E-state index >= 15 is 0 Å². The van der Waals surface area contributed by atoms with Crippen molar-refractivity contribution in [2.24, 2.45) is 0 Å². The van der Waals surface area contributed by atoms with Crippen LogP contribution in [0.4, 0.5) is 5.69 Å². The first-order valence-corrected chi connectivity index (χ1v) is 10.7. The molecule has 0 fully saturated rings. The minimum absolute atomic E-state index is 0.150. The van der Waals surface area contributed by atoms with Crippen LogP contribution < -0.4 is 9.64 Å². The van der Waals surface area contributed by atoms with E-state index in [1.165, 1.54) is 4.90 Å². The van der Waals surface area contributed by atoms with Gasteiger partial charge in [0.15, 0.2) is 6.10 Å². The van der Waals surface area contributed by atoms with Crippen molar-refractivity contribution in [1.29, 1.82) is 0 Å². The highest BCUT2D eigenvalue weighted by molar-refractivity contribution is 7.09. The van der Waals surface area contributed by atoms with Gasteiger partial charge in [-0.1, -0.05) is 0 Å². The predicted octanol–water partition coefficient (Wildman–Crippen LogP) is 2.69. The smallest absolute Gasteiger partial charge is 0.326 e. The number of aromatic nitrogens is 1. The Morgan fingerprint density at radius 3 is 2.90 bits per heavy atom. The van der Waals surface area contributed by atoms with Crippen LogP contribution in [0.25, 0.3) is 11.3 Å². The molecule has 30 heavy (non-hydrogen) atoms. The quantitative estimate of drug-likeness (QED) is 0.420. The zero-order chi connectivity index (χ0) is 21.5. The Hall–Kier alpha value is -2.49. The van der Waals surface area contributed by atoms with Crippen LogP contribution in [0.1, 0.15) is 18.9 Å². The number of esters is 1. The number of carbonyl (C=O) groups is 2. The molecule has 0 bridgehead atoms. The largest absolute Gasteiger partial charge is 0.479 e. The summed E-state index contributed by atoms with van der Waals surface area (Å²) in [5, 5.41) is 2.94. The van der Waals surface area contributed by atoms with E-state index in [-0.39, 0.29) is 19.1 Å². The van der Waals surface area contributed by atoms with Gasteiger partial charge in [-0.05, 0) is 32.0 Å². The predicted molar refractivity (Wildman–Crippen MR) is 113 cm³/mol. The van der Waals surface area contributed by atoms with E-state index in [9.17, 15) is 9.59 Å². The van der Waals surface area contributed by atoms with Gasteiger partial charge >= 0.3 is 5.97 Å². The molecule has 1 aromatic heterocycles. The van der Waals surface area contributed by atoms with Crippen LogP contribution >= 0.6 is 11.3 Å². The maximum Gasteiger partial charge on any atom is 0.326 e. The molecular weight excluding hydrogens is 408 g/mol. The maximum absolute atomic E-state index is 12.7. The fourth-order valence-corrected chi connectivity index (χ4v) is 3.80. The summed E-state index contributed by atoms with van der Waals surface area (Å²) in [7, 11) is 1.66. The fourth-order valence-electron chi connectivity index (χ4n) is 3.01. The lowest BCUT2D eigenvalue weighted by Gasteiger charge is -2.32. The number of hydrogen-bond acceptors (Lipinski definition) is 8. The first kappa shape index (κ1) is 22.2. The summed E-state index contributed by atoms with van der Waals surface area (Å²) >= 11 is 1.56. The Kier molecular flexibility index (Phi) is 7.78. The zero-order valence-corrected chi connectivity index (χ0v) is 18.2. The second kappa shape index (κ2) is 10.5. The van der Waals surface area contributed by atoms with Gasteiger partial charge in [-0.3, -0.25) is 14.5 Å². The Balaban J connectivity index is 1.79. The standard InChI is InChI=1S/C21H26N2O6S/c1-4-27-9-10-28-20(24)12-23-17-11-15(5-6-18(17)29-14(2)21(23)25)16-13-30-19(22-16)7-8-26-3/h5-6,11,13-14H,4,7-10,12H2,1-3H3. The van der Waals surface area contributed by atoms with Crippen LogP contribution in [0.5, 0.6) is 5.75 Å². The van der Waals surface area contributed by atoms with Gasteiger partial charge in [-0.15, -0.1) is 11.3 Å². The Labute approximate surface area is 179 Å². The molecule has 8 nitrogen and oxygen atoms in total. The number of ether oxygens (including phenoxy) is 4. The van der Waals surface area contributed by atoms with E-state index in [1.807, 2.05) is 24.4 Å². The van der Waals surface area contributed by atoms with Crippen LogP contribution in [0, 0.1) is 0 Å². The van der Waals surface area contributed by atoms with Gasteiger partial charge in [-0.2, -0.15) is 0 Å². The lowest BCUT2D eigenvalue weighted by molar-refractivity contribution is -0.144. The van der Waals surface area contributed by atoms with Crippen molar-refractivity contribution in [2.75, 3.05) is 45.0 Å². The number of amides is 1. The summed E-state index contributed by atoms with van der Waals surface area (Å²) in [5.74, 6) is -0.243. The van der Waals surface area contributed by atoms with Crippen molar-refractivity contribution in [3.8, 4) is 17.0 Å². The lowest BCUT2D eigenvalue weighted by Crippen LogP contribution is -2.47. The number of hydrogen-bond donors (Lipinski definition) is 0. The minimum atomic E-state index is -0.681. The molecule has 0 spiro atoms. The highest BCUT2D eigenvalue weighted by Gasteiger charge is 2.33. The van der Waals surface area contributed by atoms with Crippen LogP contribution in [-0.2, 0) is 30.2 Å². The average Bonchev–Trinajstić information content (AvgIpc) is 3.22. The van der Waals surface area contributed by atoms with Crippen LogP contribution in [0.3, 0.4) is 0 Å². The zero-order valence-electron chi connectivity index (χ0n) is 17.4. The van der Waals surface area contributed by atoms with Crippen LogP contribution in [-0.4, -0.2) is 63.0 Å². The van der Waals surface area contributed by atoms with Crippen molar-refractivity contribution < 1.29 is 28.5 Å². The average molecular weight is 435 g/mol. The number of anilines is 1. The molecular formula is C21H26N2O6S. The van der Waals surface area contributed by atoms with E-state index in [0.29, 0.717) is 31.3 Å². The molecule has 1 aliphatic rings. The first-order valence-electron chi connectivity index (χ1n) is 9.82. The van der Waals surface area contributed by atoms with Crippen molar-refractivity contribution in [3.63, 3.8) is 0 Å². The summed E-state index contributed by atoms with van der Waals surface area (Å²) < 4.78 is 21.2. The van der Waals surface area contributed by atoms with Gasteiger partial charge in [-0.25, -0.2) is 4.98 Å². The molecule has 1 aromatic carbocycles. The van der Waals surface area contributed by atoms with Crippen LogP contribution in [0.15, 0.2) is 23.6 Å². The summed E-state index contributed by atoms with van der Waals surface area (Å²) in [6.07, 6.45) is 0.0600. The number of carbonyl (C=O) groups excluding carboxylic acids is 2. The number of benzene rings is 1. The third-order valence-electron chi connectivity index (χ3n) is 4.52. The Morgan fingerprint density at radius 2 is 2.13 bits per heavy atom. The molecule has 1 unspecified atom stereocenters. The van der Waals surface area contributed by atoms with E-state index in [0.717, 1.165) is 22.7 Å². The molecule has 0 aliphatic carbocycles. The molecule has 2 aromatic rings. The van der Waals surface area contributed by atoms with Crippen molar-refractivity contribution in [3.05, 3.63) is 28.6 Å². The Bertz CT molecular complexity index is 884. The molecule has 2 heterocycles. The molecule has 162 valence electrons. The topological polar surface area (TPSA) is 87.2 Å². The summed E-state index contributed by atoms with van der Waals surface area (Å²) in [6.45, 7) is 4.98. The number of methoxy groups -OCH3 is 1. The number of rotatable bonds is 10. The number of nitrogens with zero attached hydrogens (tertiary/aromatic N) is 2. The summed E-state index contributed by atoms with van der Waals surface area (Å²) in [6, 6.07) is 5.52. The number of fused-ring (bicyclic) bond motifs is 1. The molecule has 0 saturated carbocycles. The molecule has 9 heteroatoms. The van der Waals surface area contributed by atoms with Gasteiger partial charge in [0.1, 0.15) is 18.9 Å². The van der Waals surface area contributed by atoms with Gasteiger partial charge in [0, 0.05) is 31.1 Å². The molecule has 1 amide bonds. The highest BCUT2D eigenvalue weighted by Crippen LogP contribution is 2.37. The Morgan fingerprint density at radius 1 is 1.30 bits per heavy atom. The SMILES string of the molecule is CCOCCOC(=O)CN1C(=O)C(C)Oc2ccc(-c3csc(CCOC)n3)cc21. The van der Waals surface area contributed by atoms with Crippen molar-refractivity contribution in [1.82, 2.24) is 4.98 Å². The normalized spacial score (nSPS) is 15.6. The fraction of sp³-hybridized carbons (Fsp3) is 0.476. The van der Waals surface area contributed by atoms with Gasteiger partial charge in [0.2, 0.25) is 0 Å². The van der Waals surface area contributed by atoms with E-state index in [2.05, 4.69) is 4.98 Å². The summed E-state index contributed by atoms with van der Waals surface area (Å²) in [4.78, 5) is 31.0. The van der Waals surface area contributed by atoms with E-state index in [1.54, 1.807) is 31.4 Å². The molecule has 0 N–H and O–H groups in total. The number of thiazole rings is 1. The third kappa shape index (κ3) is 5.35. The third-order valence-corrected chi connectivity index (χ3v) is 5.43. The van der Waals surface area contributed by atoms with Gasteiger partial charge < -0.3 is 18.9 Å². The highest BCUT2D eigenvalue weighted by atomic mass is 32.1. The molecule has 1 aliphatic heterocycles. The summed E-state index contributed by atoms with van der Waals surface area (Å²) in [5.41, 5.74) is 2.18. The molecule has 0 saturated heterocycles. The van der Waals surface area contributed by atoms with Gasteiger partial charge in [0.05, 0.1) is 29.6 Å². The van der Waals surface area contributed by atoms with Gasteiger partial charge in [0.25, 0.3) is 5.91 Å². The van der Waals surface area contributed by atoms with Crippen molar-refractivity contribution in [2.45, 2.75) is 26.4 Å².